The molecular weight excluding hydrogens is 701 g/mol. The van der Waals surface area contributed by atoms with Crippen LogP contribution in [-0.2, 0) is 13.0 Å². The van der Waals surface area contributed by atoms with E-state index in [0.29, 0.717) is 48.0 Å². The number of carbonyl (C=O) groups excluding carboxylic acids is 1. The molecule has 2 unspecified atom stereocenters. The van der Waals surface area contributed by atoms with Gasteiger partial charge in [0.2, 0.25) is 0 Å². The lowest BCUT2D eigenvalue weighted by Crippen LogP contribution is -2.29. The second-order valence-corrected chi connectivity index (χ2v) is 14.4. The van der Waals surface area contributed by atoms with Crippen LogP contribution in [0.15, 0.2) is 90.1 Å². The second kappa shape index (κ2) is 14.9. The van der Waals surface area contributed by atoms with Crippen LogP contribution in [0, 0.1) is 17.6 Å². The number of amides is 1. The average Bonchev–Trinajstić information content (AvgIpc) is 3.81. The van der Waals surface area contributed by atoms with Crippen molar-refractivity contribution >= 4 is 33.1 Å². The van der Waals surface area contributed by atoms with Gasteiger partial charge in [0.05, 0.1) is 33.5 Å². The third-order valence-corrected chi connectivity index (χ3v) is 10.7. The summed E-state index contributed by atoms with van der Waals surface area (Å²) in [5.41, 5.74) is 2.80. The molecule has 1 aliphatic heterocycles. The highest BCUT2D eigenvalue weighted by molar-refractivity contribution is 7.22. The zero-order valence-corrected chi connectivity index (χ0v) is 29.3. The number of aliphatic hydroxyl groups excluding tert-OH is 1. The molecule has 0 radical (unpaired) electrons. The number of aromatic nitrogens is 3. The van der Waals surface area contributed by atoms with E-state index in [1.165, 1.54) is 52.3 Å². The Morgan fingerprint density at radius 3 is 2.70 bits per heavy atom. The molecule has 270 valence electrons. The number of carbonyl (C=O) groups is 1. The summed E-state index contributed by atoms with van der Waals surface area (Å²) in [6.45, 7) is 1.86. The Balaban J connectivity index is 0.958. The minimum atomic E-state index is -0.766. The van der Waals surface area contributed by atoms with Gasteiger partial charge in [-0.05, 0) is 85.8 Å². The number of fused-ring (bicyclic) bond motifs is 2. The number of nitrogens with one attached hydrogen (secondary N) is 2. The fraction of sp³-hybridized carbons (Fsp3) is 0.250. The zero-order chi connectivity index (χ0) is 36.5. The lowest BCUT2D eigenvalue weighted by atomic mass is 9.87. The van der Waals surface area contributed by atoms with Crippen molar-refractivity contribution in [2.24, 2.45) is 5.92 Å². The molecule has 2 aromatic carbocycles. The van der Waals surface area contributed by atoms with Gasteiger partial charge in [0.25, 0.3) is 11.5 Å². The number of hydrogen-bond donors (Lipinski definition) is 3. The summed E-state index contributed by atoms with van der Waals surface area (Å²) in [6.07, 6.45) is 9.29. The molecule has 1 aliphatic carbocycles. The predicted octanol–water partition coefficient (Wildman–Crippen LogP) is 7.41. The van der Waals surface area contributed by atoms with Crippen LogP contribution in [0.1, 0.15) is 47.2 Å². The van der Waals surface area contributed by atoms with E-state index in [2.05, 4.69) is 20.6 Å². The molecule has 53 heavy (non-hydrogen) atoms. The Morgan fingerprint density at radius 1 is 1.04 bits per heavy atom. The lowest BCUT2D eigenvalue weighted by molar-refractivity contribution is 0.100. The van der Waals surface area contributed by atoms with Crippen molar-refractivity contribution in [2.75, 3.05) is 18.5 Å². The van der Waals surface area contributed by atoms with E-state index < -0.39 is 23.1 Å². The summed E-state index contributed by atoms with van der Waals surface area (Å²) in [5, 5.41) is 16.0. The summed E-state index contributed by atoms with van der Waals surface area (Å²) < 4.78 is 42.7. The Kier molecular flexibility index (Phi) is 9.69. The Hall–Kier alpha value is -5.50. The van der Waals surface area contributed by atoms with E-state index in [1.54, 1.807) is 18.5 Å². The van der Waals surface area contributed by atoms with Crippen LogP contribution in [-0.4, -0.2) is 44.8 Å². The van der Waals surface area contributed by atoms with Gasteiger partial charge in [0, 0.05) is 60.6 Å². The first-order chi connectivity index (χ1) is 25.8. The van der Waals surface area contributed by atoms with Gasteiger partial charge in [0.1, 0.15) is 22.9 Å². The number of pyridine rings is 3. The first-order valence-corrected chi connectivity index (χ1v) is 18.3. The van der Waals surface area contributed by atoms with E-state index in [9.17, 15) is 19.1 Å². The highest BCUT2D eigenvalue weighted by Crippen LogP contribution is 2.39. The van der Waals surface area contributed by atoms with Crippen molar-refractivity contribution < 1.29 is 28.2 Å². The number of halogens is 2. The maximum atomic E-state index is 15.5. The number of hydrogen-bond acceptors (Lipinski definition) is 9. The number of rotatable bonds is 10. The molecule has 2 atom stereocenters. The largest absolute Gasteiger partial charge is 0.492 e. The van der Waals surface area contributed by atoms with Gasteiger partial charge in [-0.25, -0.2) is 8.78 Å². The monoisotopic (exact) mass is 735 g/mol. The Morgan fingerprint density at radius 2 is 1.91 bits per heavy atom. The van der Waals surface area contributed by atoms with Crippen molar-refractivity contribution in [3.63, 3.8) is 0 Å². The van der Waals surface area contributed by atoms with Crippen molar-refractivity contribution in [3.8, 4) is 33.5 Å². The number of anilines is 1. The summed E-state index contributed by atoms with van der Waals surface area (Å²) in [5.74, 6) is -0.930. The zero-order valence-electron chi connectivity index (χ0n) is 28.5. The fourth-order valence-corrected chi connectivity index (χ4v) is 7.93. The lowest BCUT2D eigenvalue weighted by Gasteiger charge is -2.26. The Bertz CT molecular complexity index is 2360. The smallest absolute Gasteiger partial charge is 0.271 e. The molecule has 10 nitrogen and oxygen atoms in total. The maximum Gasteiger partial charge on any atom is 0.271 e. The second-order valence-electron chi connectivity index (χ2n) is 13.3. The molecule has 4 aromatic heterocycles. The predicted molar refractivity (Wildman–Crippen MR) is 198 cm³/mol. The van der Waals surface area contributed by atoms with Crippen LogP contribution >= 0.6 is 11.3 Å². The molecule has 1 amide bonds. The van der Waals surface area contributed by atoms with E-state index in [4.69, 9.17) is 9.47 Å². The average molecular weight is 736 g/mol. The first kappa shape index (κ1) is 34.6. The van der Waals surface area contributed by atoms with Crippen molar-refractivity contribution in [2.45, 2.75) is 44.8 Å². The Labute approximate surface area is 307 Å². The molecule has 3 N–H and O–H groups in total. The third kappa shape index (κ3) is 7.41. The summed E-state index contributed by atoms with van der Waals surface area (Å²) >= 11 is 1.43. The molecule has 0 spiro atoms. The fourth-order valence-electron chi connectivity index (χ4n) is 6.89. The highest BCUT2D eigenvalue weighted by Gasteiger charge is 2.27. The SMILES string of the molecule is O=C(Nc1ccc(Oc2ccnc3cc(-c4ccc(CNCC5CCCC(O)C5)cn4)sc23)c(F)c1)c1c2c(cn(-c3ccc(F)cc3)c1=O)CCO2. The van der Waals surface area contributed by atoms with E-state index in [-0.39, 0.29) is 28.9 Å². The minimum Gasteiger partial charge on any atom is -0.492 e. The van der Waals surface area contributed by atoms with Crippen LogP contribution in [0.2, 0.25) is 0 Å². The van der Waals surface area contributed by atoms with Crippen LogP contribution in [0.25, 0.3) is 26.5 Å². The van der Waals surface area contributed by atoms with Gasteiger partial charge in [-0.15, -0.1) is 11.3 Å². The maximum absolute atomic E-state index is 15.5. The molecule has 1 saturated carbocycles. The summed E-state index contributed by atoms with van der Waals surface area (Å²) in [7, 11) is 0. The van der Waals surface area contributed by atoms with Crippen LogP contribution in [0.3, 0.4) is 0 Å². The number of nitrogens with zero attached hydrogens (tertiary/aromatic N) is 3. The number of thiophene rings is 1. The van der Waals surface area contributed by atoms with Gasteiger partial charge in [-0.1, -0.05) is 12.5 Å². The molecule has 1 fully saturated rings. The van der Waals surface area contributed by atoms with Crippen LogP contribution < -0.4 is 25.7 Å². The molecule has 8 rings (SSSR count). The van der Waals surface area contributed by atoms with Gasteiger partial charge >= 0.3 is 0 Å². The van der Waals surface area contributed by atoms with Crippen molar-refractivity contribution in [3.05, 3.63) is 124 Å². The van der Waals surface area contributed by atoms with Gasteiger partial charge < -0.3 is 25.2 Å². The van der Waals surface area contributed by atoms with Crippen molar-refractivity contribution in [1.29, 1.82) is 0 Å². The summed E-state index contributed by atoms with van der Waals surface area (Å²) in [4.78, 5) is 37.0. The van der Waals surface area contributed by atoms with Crippen molar-refractivity contribution in [1.82, 2.24) is 19.9 Å². The van der Waals surface area contributed by atoms with E-state index in [0.717, 1.165) is 59.1 Å². The molecule has 13 heteroatoms. The molecule has 5 heterocycles. The third-order valence-electron chi connectivity index (χ3n) is 9.57. The van der Waals surface area contributed by atoms with Gasteiger partial charge in [0.15, 0.2) is 11.6 Å². The number of aliphatic hydroxyl groups is 1. The van der Waals surface area contributed by atoms with E-state index in [1.807, 2.05) is 24.4 Å². The first-order valence-electron chi connectivity index (χ1n) is 17.5. The molecule has 2 aliphatic rings. The minimum absolute atomic E-state index is 0.0641. The quantitative estimate of drug-likeness (QED) is 0.133. The number of ether oxygens (including phenoxy) is 2. The normalized spacial score (nSPS) is 16.7. The van der Waals surface area contributed by atoms with Crippen LogP contribution in [0.4, 0.5) is 14.5 Å². The van der Waals surface area contributed by atoms with Gasteiger partial charge in [-0.3, -0.25) is 24.1 Å². The van der Waals surface area contributed by atoms with Crippen LogP contribution in [0.5, 0.6) is 17.2 Å². The molecule has 0 bridgehead atoms. The summed E-state index contributed by atoms with van der Waals surface area (Å²) in [6, 6.07) is 16.9. The highest BCUT2D eigenvalue weighted by atomic mass is 32.1. The molecule has 0 saturated heterocycles. The topological polar surface area (TPSA) is 128 Å². The molecular formula is C40H35F2N5O5S. The van der Waals surface area contributed by atoms with E-state index >= 15 is 4.39 Å². The van der Waals surface area contributed by atoms with Gasteiger partial charge in [-0.2, -0.15) is 0 Å². The standard InChI is InChI=1S/C40H35F2N5O5S/c41-26-5-8-28(9-6-26)47-22-25-13-15-51-37(25)36(40(47)50)39(49)46-27-7-11-33(30(42)17-27)52-34-12-14-44-32-18-35(53-38(32)34)31-10-4-24(21-45-31)20-43-19-23-2-1-3-29(48)16-23/h4-12,14,17-18,21-23,29,43,48H,1-3,13,15-16,19-20H2,(H,46,49). The molecule has 6 aromatic rings. The number of benzene rings is 2.